The van der Waals surface area contributed by atoms with Crippen LogP contribution >= 0.6 is 25.3 Å². The highest BCUT2D eigenvalue weighted by atomic mass is 32.1. The number of nitrogens with two attached hydrogens (primary N) is 3. The number of hydrogen-bond donors (Lipinski definition) is 14. The van der Waals surface area contributed by atoms with Crippen LogP contribution in [-0.4, -0.2) is 159 Å². The molecule has 1 aliphatic heterocycles. The fourth-order valence-corrected chi connectivity index (χ4v) is 7.12. The highest BCUT2D eigenvalue weighted by Crippen LogP contribution is 2.20. The van der Waals surface area contributed by atoms with E-state index in [-0.39, 0.29) is 62.6 Å². The largest absolute Gasteiger partial charge is 0.480 e. The molecule has 25 heteroatoms. The number of carboxylic acids is 1. The fourth-order valence-electron chi connectivity index (χ4n) is 6.70. The molecule has 1 saturated heterocycles. The van der Waals surface area contributed by atoms with Crippen molar-refractivity contribution in [3.05, 3.63) is 0 Å². The summed E-state index contributed by atoms with van der Waals surface area (Å²) in [5, 5.41) is 37.6. The van der Waals surface area contributed by atoms with E-state index in [0.29, 0.717) is 19.3 Å². The average molecular weight is 962 g/mol. The van der Waals surface area contributed by atoms with E-state index in [9.17, 15) is 58.2 Å². The second-order valence-electron chi connectivity index (χ2n) is 16.9. The third kappa shape index (κ3) is 19.7. The van der Waals surface area contributed by atoms with Gasteiger partial charge in [-0.05, 0) is 77.2 Å². The predicted octanol–water partition coefficient (Wildman–Crippen LogP) is -3.86. The van der Waals surface area contributed by atoms with E-state index >= 15 is 0 Å². The van der Waals surface area contributed by atoms with Crippen LogP contribution in [0.3, 0.4) is 0 Å². The Kier molecular flexibility index (Phi) is 26.0. The van der Waals surface area contributed by atoms with Gasteiger partial charge in [0.15, 0.2) is 0 Å². The lowest BCUT2D eigenvalue weighted by molar-refractivity contribution is -0.145. The molecule has 1 aliphatic rings. The van der Waals surface area contributed by atoms with E-state index in [4.69, 9.17) is 17.2 Å². The van der Waals surface area contributed by atoms with Gasteiger partial charge >= 0.3 is 5.97 Å². The molecule has 370 valence electrons. The monoisotopic (exact) mass is 961 g/mol. The minimum atomic E-state index is -1.66. The van der Waals surface area contributed by atoms with Crippen LogP contribution in [0.4, 0.5) is 0 Å². The van der Waals surface area contributed by atoms with Gasteiger partial charge in [0.05, 0.1) is 12.1 Å². The molecule has 15 N–H and O–H groups in total. The summed E-state index contributed by atoms with van der Waals surface area (Å²) in [6, 6.07) is -11.4. The zero-order valence-corrected chi connectivity index (χ0v) is 39.8. The number of carbonyl (C=O) groups excluding carboxylic acids is 9. The second kappa shape index (κ2) is 29.0. The van der Waals surface area contributed by atoms with E-state index in [1.54, 1.807) is 27.7 Å². The molecule has 0 aromatic heterocycles. The first kappa shape index (κ1) is 58.3. The lowest BCUT2D eigenvalue weighted by Crippen LogP contribution is -2.62. The standard InChI is InChI=1S/C40H71N11O12S2/c1-19(2)16-26(47-34(56)25(12-13-29(43)53)46-33(55)23(42)17-64)36(58)44-21(5)32(54)45-24(10-7-8-14-41)35(57)50-31(22(6)52)38(60)48-27(18-65)39(61)51-15-9-11-28(51)37(59)49-30(20(3)4)40(62)63/h19-28,30-31,52,64-65H,7-18,41-42H2,1-6H3,(H2,43,53)(H,44,58)(H,45,54)(H,46,55)(H,47,56)(H,48,60)(H,49,59)(H,50,57)(H,62,63)/t21-,22+,23-,24-,25-,26-,27-,28-,30-,31-/m0/s1. The van der Waals surface area contributed by atoms with Crippen LogP contribution in [0.5, 0.6) is 0 Å². The third-order valence-corrected chi connectivity index (χ3v) is 11.2. The summed E-state index contributed by atoms with van der Waals surface area (Å²) in [5.41, 5.74) is 16.7. The maximum absolute atomic E-state index is 13.8. The zero-order valence-electron chi connectivity index (χ0n) is 38.0. The smallest absolute Gasteiger partial charge is 0.326 e. The van der Waals surface area contributed by atoms with Crippen molar-refractivity contribution in [2.24, 2.45) is 29.0 Å². The van der Waals surface area contributed by atoms with Crippen LogP contribution in [0, 0.1) is 11.8 Å². The number of likely N-dealkylation sites (tertiary alicyclic amines) is 1. The fraction of sp³-hybridized carbons (Fsp3) is 0.750. The van der Waals surface area contributed by atoms with Gasteiger partial charge in [0.25, 0.3) is 0 Å². The molecule has 9 amide bonds. The van der Waals surface area contributed by atoms with Crippen molar-refractivity contribution in [1.29, 1.82) is 0 Å². The predicted molar refractivity (Wildman–Crippen MR) is 245 cm³/mol. The number of aliphatic hydroxyl groups excluding tert-OH is 1. The lowest BCUT2D eigenvalue weighted by Gasteiger charge is -2.31. The molecule has 1 rings (SSSR count). The van der Waals surface area contributed by atoms with Crippen molar-refractivity contribution >= 4 is 84.4 Å². The second-order valence-corrected chi connectivity index (χ2v) is 17.6. The number of amides is 9. The molecule has 0 aromatic carbocycles. The van der Waals surface area contributed by atoms with Crippen LogP contribution in [0.1, 0.15) is 92.9 Å². The molecule has 0 spiro atoms. The minimum Gasteiger partial charge on any atom is -0.480 e. The Morgan fingerprint density at radius 3 is 1.75 bits per heavy atom. The van der Waals surface area contributed by atoms with Crippen molar-refractivity contribution < 1.29 is 58.2 Å². The molecular formula is C40H71N11O12S2. The third-order valence-electron chi connectivity index (χ3n) is 10.4. The van der Waals surface area contributed by atoms with Gasteiger partial charge < -0.3 is 69.5 Å². The highest BCUT2D eigenvalue weighted by Gasteiger charge is 2.40. The average Bonchev–Trinajstić information content (AvgIpc) is 3.73. The van der Waals surface area contributed by atoms with Crippen molar-refractivity contribution in [2.45, 2.75) is 153 Å². The summed E-state index contributed by atoms with van der Waals surface area (Å²) in [5.74, 6) is -9.28. The van der Waals surface area contributed by atoms with Crippen molar-refractivity contribution in [3.8, 4) is 0 Å². The summed E-state index contributed by atoms with van der Waals surface area (Å²) in [7, 11) is 0. The SMILES string of the molecule is CC(C)C[C@H](NC(=O)[C@H](CCC(N)=O)NC(=O)[C@@H](N)CS)C(=O)N[C@@H](C)C(=O)N[C@@H](CCCCN)C(=O)N[C@H](C(=O)N[C@@H](CS)C(=O)N1CCC[C@H]1C(=O)N[C@H](C(=O)O)C(C)C)[C@@H](C)O. The van der Waals surface area contributed by atoms with Crippen molar-refractivity contribution in [1.82, 2.24) is 42.1 Å². The number of primary amides is 1. The molecule has 10 atom stereocenters. The first-order valence-electron chi connectivity index (χ1n) is 21.7. The number of carboxylic acid groups (broad SMARTS) is 1. The number of nitrogens with zero attached hydrogens (tertiary/aromatic N) is 1. The van der Waals surface area contributed by atoms with Crippen LogP contribution in [0.2, 0.25) is 0 Å². The summed E-state index contributed by atoms with van der Waals surface area (Å²) >= 11 is 8.20. The first-order chi connectivity index (χ1) is 30.4. The normalized spacial score (nSPS) is 17.8. The Balaban J connectivity index is 3.19. The Morgan fingerprint density at radius 2 is 1.23 bits per heavy atom. The Labute approximate surface area is 390 Å². The van der Waals surface area contributed by atoms with E-state index in [1.165, 1.54) is 18.7 Å². The number of nitrogens with one attached hydrogen (secondary N) is 7. The van der Waals surface area contributed by atoms with Gasteiger partial charge in [0, 0.05) is 24.5 Å². The number of carbonyl (C=O) groups is 10. The molecule has 0 radical (unpaired) electrons. The summed E-state index contributed by atoms with van der Waals surface area (Å²) in [6.07, 6.45) is -0.457. The van der Waals surface area contributed by atoms with Crippen LogP contribution in [0.15, 0.2) is 0 Å². The lowest BCUT2D eigenvalue weighted by atomic mass is 10.0. The number of aliphatic carboxylic acids is 1. The van der Waals surface area contributed by atoms with E-state index < -0.39 is 126 Å². The van der Waals surface area contributed by atoms with E-state index in [0.717, 1.165) is 0 Å². The number of unbranched alkanes of at least 4 members (excludes halogenated alkanes) is 1. The van der Waals surface area contributed by atoms with Gasteiger partial charge in [-0.3, -0.25) is 43.2 Å². The summed E-state index contributed by atoms with van der Waals surface area (Å²) in [6.45, 7) is 9.73. The Bertz CT molecular complexity index is 1670. The Morgan fingerprint density at radius 1 is 0.677 bits per heavy atom. The van der Waals surface area contributed by atoms with Crippen molar-refractivity contribution in [3.63, 3.8) is 0 Å². The van der Waals surface area contributed by atoms with Crippen LogP contribution < -0.4 is 54.4 Å². The molecule has 23 nitrogen and oxygen atoms in total. The molecule has 65 heavy (non-hydrogen) atoms. The number of rotatable bonds is 29. The first-order valence-corrected chi connectivity index (χ1v) is 23.0. The highest BCUT2D eigenvalue weighted by molar-refractivity contribution is 7.80. The maximum Gasteiger partial charge on any atom is 0.326 e. The summed E-state index contributed by atoms with van der Waals surface area (Å²) in [4.78, 5) is 132. The van der Waals surface area contributed by atoms with Gasteiger partial charge in [0.2, 0.25) is 53.2 Å². The van der Waals surface area contributed by atoms with Gasteiger partial charge in [-0.1, -0.05) is 27.7 Å². The molecule has 0 unspecified atom stereocenters. The minimum absolute atomic E-state index is 0.0145. The number of hydrogen-bond acceptors (Lipinski definition) is 15. The van der Waals surface area contributed by atoms with Gasteiger partial charge in [-0.2, -0.15) is 25.3 Å². The molecule has 1 fully saturated rings. The summed E-state index contributed by atoms with van der Waals surface area (Å²) < 4.78 is 0. The molecule has 0 aromatic rings. The molecular weight excluding hydrogens is 891 g/mol. The molecule has 0 saturated carbocycles. The van der Waals surface area contributed by atoms with Crippen LogP contribution in [0.25, 0.3) is 0 Å². The Hall–Kier alpha value is -4.72. The zero-order chi connectivity index (χ0) is 49.7. The topological polar surface area (TPSA) is 377 Å². The molecule has 0 bridgehead atoms. The van der Waals surface area contributed by atoms with E-state index in [2.05, 4.69) is 62.5 Å². The van der Waals surface area contributed by atoms with E-state index in [1.807, 2.05) is 0 Å². The van der Waals surface area contributed by atoms with Gasteiger partial charge in [-0.15, -0.1) is 0 Å². The van der Waals surface area contributed by atoms with Crippen LogP contribution in [-0.2, 0) is 47.9 Å². The quantitative estimate of drug-likeness (QED) is 0.0252. The number of aliphatic hydroxyl groups is 1. The van der Waals surface area contributed by atoms with Crippen molar-refractivity contribution in [2.75, 3.05) is 24.6 Å². The number of thiol groups is 2. The van der Waals surface area contributed by atoms with Gasteiger partial charge in [-0.25, -0.2) is 4.79 Å². The van der Waals surface area contributed by atoms with Gasteiger partial charge in [0.1, 0.15) is 48.3 Å². The maximum atomic E-state index is 13.8. The molecule has 1 heterocycles. The molecule has 0 aliphatic carbocycles.